The van der Waals surface area contributed by atoms with Crippen LogP contribution in [0.25, 0.3) is 5.76 Å². The van der Waals surface area contributed by atoms with Gasteiger partial charge in [-0.2, -0.15) is 0 Å². The molecule has 3 aromatic rings. The molecule has 2 aliphatic heterocycles. The number of nitrogens with zero attached hydrogens (tertiary/aromatic N) is 1. The van der Waals surface area contributed by atoms with Gasteiger partial charge in [0.15, 0.2) is 11.5 Å². The van der Waals surface area contributed by atoms with Crippen molar-refractivity contribution in [1.29, 1.82) is 0 Å². The van der Waals surface area contributed by atoms with Gasteiger partial charge in [0.1, 0.15) is 11.5 Å². The molecule has 1 unspecified atom stereocenters. The second kappa shape index (κ2) is 8.59. The molecule has 172 valence electrons. The van der Waals surface area contributed by atoms with Gasteiger partial charge in [-0.05, 0) is 48.0 Å². The third kappa shape index (κ3) is 3.63. The Morgan fingerprint density at radius 2 is 1.74 bits per heavy atom. The van der Waals surface area contributed by atoms with Crippen molar-refractivity contribution in [3.63, 3.8) is 0 Å². The lowest BCUT2D eigenvalue weighted by Crippen LogP contribution is -2.29. The summed E-state index contributed by atoms with van der Waals surface area (Å²) in [6.07, 6.45) is 0. The summed E-state index contributed by atoms with van der Waals surface area (Å²) in [5.41, 5.74) is 1.19. The Balaban J connectivity index is 1.69. The highest BCUT2D eigenvalue weighted by molar-refractivity contribution is 6.51. The number of ether oxygens (including phenoxy) is 3. The van der Waals surface area contributed by atoms with Crippen molar-refractivity contribution in [2.24, 2.45) is 0 Å². The number of hydrogen-bond acceptors (Lipinski definition) is 6. The maximum Gasteiger partial charge on any atom is 0.300 e. The average Bonchev–Trinajstić information content (AvgIpc) is 3.41. The summed E-state index contributed by atoms with van der Waals surface area (Å²) in [7, 11) is 1.47. The Morgan fingerprint density at radius 3 is 2.44 bits per heavy atom. The number of benzene rings is 3. The largest absolute Gasteiger partial charge is 0.507 e. The molecule has 2 heterocycles. The van der Waals surface area contributed by atoms with E-state index in [1.807, 2.05) is 0 Å². The van der Waals surface area contributed by atoms with Gasteiger partial charge in [-0.3, -0.25) is 14.5 Å². The van der Waals surface area contributed by atoms with Crippen LogP contribution >= 0.6 is 23.2 Å². The van der Waals surface area contributed by atoms with Crippen LogP contribution in [0.1, 0.15) is 17.2 Å². The molecule has 0 radical (unpaired) electrons. The summed E-state index contributed by atoms with van der Waals surface area (Å²) in [6.45, 7) is 0.0659. The van der Waals surface area contributed by atoms with Crippen molar-refractivity contribution >= 4 is 46.3 Å². The summed E-state index contributed by atoms with van der Waals surface area (Å²) in [4.78, 5) is 27.8. The minimum Gasteiger partial charge on any atom is -0.507 e. The van der Waals surface area contributed by atoms with Crippen molar-refractivity contribution in [1.82, 2.24) is 0 Å². The Kier molecular flexibility index (Phi) is 5.59. The number of aliphatic hydroxyl groups excluding tert-OH is 1. The Bertz CT molecular complexity index is 1350. The predicted octanol–water partition coefficient (Wildman–Crippen LogP) is 5.36. The number of methoxy groups -OCH3 is 1. The third-order valence-electron chi connectivity index (χ3n) is 5.69. The number of rotatable bonds is 4. The zero-order valence-electron chi connectivity index (χ0n) is 17.7. The van der Waals surface area contributed by atoms with Crippen molar-refractivity contribution < 1.29 is 28.9 Å². The first-order valence-electron chi connectivity index (χ1n) is 10.2. The molecule has 0 saturated carbocycles. The monoisotopic (exact) mass is 497 g/mol. The van der Waals surface area contributed by atoms with Gasteiger partial charge >= 0.3 is 0 Å². The Morgan fingerprint density at radius 1 is 1.00 bits per heavy atom. The second-order valence-electron chi connectivity index (χ2n) is 7.61. The molecular formula is C25H17Cl2NO6. The van der Waals surface area contributed by atoms with E-state index >= 15 is 0 Å². The molecule has 1 amide bonds. The van der Waals surface area contributed by atoms with Crippen molar-refractivity contribution in [3.05, 3.63) is 87.4 Å². The summed E-state index contributed by atoms with van der Waals surface area (Å²) in [5.74, 6) is -0.575. The van der Waals surface area contributed by atoms with Crippen LogP contribution in [0.15, 0.2) is 66.2 Å². The third-order valence-corrected chi connectivity index (χ3v) is 6.24. The highest BCUT2D eigenvalue weighted by Gasteiger charge is 2.47. The minimum absolute atomic E-state index is 0.0659. The van der Waals surface area contributed by atoms with Gasteiger partial charge < -0.3 is 19.3 Å². The molecule has 0 aliphatic carbocycles. The van der Waals surface area contributed by atoms with E-state index in [0.29, 0.717) is 33.5 Å². The number of carbonyl (C=O) groups excluding carboxylic acids is 2. The second-order valence-corrected chi connectivity index (χ2v) is 8.45. The Labute approximate surface area is 204 Å². The molecule has 2 aliphatic rings. The molecule has 34 heavy (non-hydrogen) atoms. The van der Waals surface area contributed by atoms with Gasteiger partial charge in [0.25, 0.3) is 11.7 Å². The molecule has 0 spiro atoms. The zero-order chi connectivity index (χ0) is 24.0. The Hall–Kier alpha value is -3.68. The van der Waals surface area contributed by atoms with E-state index in [2.05, 4.69) is 0 Å². The van der Waals surface area contributed by atoms with Gasteiger partial charge in [-0.1, -0.05) is 35.3 Å². The molecule has 1 N–H and O–H groups in total. The minimum atomic E-state index is -0.918. The number of amides is 1. The van der Waals surface area contributed by atoms with Gasteiger partial charge in [-0.25, -0.2) is 0 Å². The SMILES string of the molecule is COc1ccc(/C(O)=C2\C(=O)C(=O)N(c3ccc4c(c3)OCO4)C2c2ccc(Cl)cc2)cc1Cl. The maximum absolute atomic E-state index is 13.3. The van der Waals surface area contributed by atoms with E-state index in [0.717, 1.165) is 0 Å². The van der Waals surface area contributed by atoms with Crippen LogP contribution in [0.5, 0.6) is 17.2 Å². The lowest BCUT2D eigenvalue weighted by atomic mass is 9.95. The van der Waals surface area contributed by atoms with E-state index in [-0.39, 0.29) is 28.7 Å². The molecule has 9 heteroatoms. The van der Waals surface area contributed by atoms with Crippen LogP contribution in [-0.4, -0.2) is 30.7 Å². The number of anilines is 1. The molecule has 3 aromatic carbocycles. The molecule has 5 rings (SSSR count). The highest BCUT2D eigenvalue weighted by atomic mass is 35.5. The van der Waals surface area contributed by atoms with Crippen LogP contribution in [0.3, 0.4) is 0 Å². The van der Waals surface area contributed by atoms with Gasteiger partial charge in [0.05, 0.1) is 23.7 Å². The van der Waals surface area contributed by atoms with Crippen molar-refractivity contribution in [2.75, 3.05) is 18.8 Å². The summed E-state index contributed by atoms with van der Waals surface area (Å²) in [5, 5.41) is 12.0. The van der Waals surface area contributed by atoms with E-state index in [9.17, 15) is 14.7 Å². The average molecular weight is 498 g/mol. The molecule has 0 aromatic heterocycles. The number of fused-ring (bicyclic) bond motifs is 1. The topological polar surface area (TPSA) is 85.3 Å². The zero-order valence-corrected chi connectivity index (χ0v) is 19.3. The number of halogens is 2. The number of Topliss-reactive ketones (excluding diaryl/α,β-unsaturated/α-hetero) is 1. The summed E-state index contributed by atoms with van der Waals surface area (Å²) >= 11 is 12.3. The maximum atomic E-state index is 13.3. The molecule has 1 atom stereocenters. The number of hydrogen-bond donors (Lipinski definition) is 1. The summed E-state index contributed by atoms with van der Waals surface area (Å²) in [6, 6.07) is 15.4. The van der Waals surface area contributed by atoms with Crippen molar-refractivity contribution in [2.45, 2.75) is 6.04 Å². The van der Waals surface area contributed by atoms with Gasteiger partial charge in [0, 0.05) is 22.3 Å². The fourth-order valence-electron chi connectivity index (χ4n) is 4.06. The highest BCUT2D eigenvalue weighted by Crippen LogP contribution is 2.45. The van der Waals surface area contributed by atoms with Crippen LogP contribution in [-0.2, 0) is 9.59 Å². The van der Waals surface area contributed by atoms with E-state index in [1.165, 1.54) is 18.1 Å². The lowest BCUT2D eigenvalue weighted by Gasteiger charge is -2.25. The number of carbonyl (C=O) groups is 2. The first-order chi connectivity index (χ1) is 16.4. The smallest absolute Gasteiger partial charge is 0.300 e. The number of ketones is 1. The fraction of sp³-hybridized carbons (Fsp3) is 0.120. The number of aliphatic hydroxyl groups is 1. The van der Waals surface area contributed by atoms with Crippen molar-refractivity contribution in [3.8, 4) is 17.2 Å². The molecule has 0 bridgehead atoms. The first kappa shape index (κ1) is 22.1. The normalized spacial score (nSPS) is 18.4. The van der Waals surface area contributed by atoms with Gasteiger partial charge in [-0.15, -0.1) is 0 Å². The first-order valence-corrected chi connectivity index (χ1v) is 10.9. The van der Waals surface area contributed by atoms with Gasteiger partial charge in [0.2, 0.25) is 6.79 Å². The fourth-order valence-corrected chi connectivity index (χ4v) is 4.45. The standard InChI is InChI=1S/C25H17Cl2NO6/c1-32-18-8-4-14(10-17(18)27)23(29)21-22(13-2-5-15(26)6-3-13)28(25(31)24(21)30)16-7-9-19-20(11-16)34-12-33-19/h2-11,22,29H,12H2,1H3/b23-21+. The predicted molar refractivity (Wildman–Crippen MR) is 127 cm³/mol. The summed E-state index contributed by atoms with van der Waals surface area (Å²) < 4.78 is 16.0. The van der Waals surface area contributed by atoms with E-state index in [1.54, 1.807) is 54.6 Å². The molecule has 7 nitrogen and oxygen atoms in total. The molecule has 1 fully saturated rings. The molecule has 1 saturated heterocycles. The van der Waals surface area contributed by atoms with E-state index < -0.39 is 17.7 Å². The quantitative estimate of drug-likeness (QED) is 0.296. The van der Waals surface area contributed by atoms with Crippen LogP contribution in [0, 0.1) is 0 Å². The van der Waals surface area contributed by atoms with Crippen LogP contribution < -0.4 is 19.1 Å². The molecular weight excluding hydrogens is 481 g/mol. The van der Waals surface area contributed by atoms with Crippen LogP contribution in [0.4, 0.5) is 5.69 Å². The lowest BCUT2D eigenvalue weighted by molar-refractivity contribution is -0.132. The van der Waals surface area contributed by atoms with Crippen LogP contribution in [0.2, 0.25) is 10.0 Å². The van der Waals surface area contributed by atoms with E-state index in [4.69, 9.17) is 37.4 Å².